The summed E-state index contributed by atoms with van der Waals surface area (Å²) in [6, 6.07) is 15.8. The summed E-state index contributed by atoms with van der Waals surface area (Å²) in [5.74, 6) is -0.212. The Kier molecular flexibility index (Phi) is 6.39. The van der Waals surface area contributed by atoms with Crippen LogP contribution in [0.2, 0.25) is 5.02 Å². The smallest absolute Gasteiger partial charge is 0.308 e. The number of nitrogens with zero attached hydrogens (tertiary/aromatic N) is 2. The van der Waals surface area contributed by atoms with Crippen LogP contribution in [0.1, 0.15) is 35.7 Å². The van der Waals surface area contributed by atoms with E-state index in [1.54, 1.807) is 31.2 Å². The number of amides is 1. The number of hydrogen-bond donors (Lipinski definition) is 1. The monoisotopic (exact) mass is 399 g/mol. The van der Waals surface area contributed by atoms with Crippen molar-refractivity contribution in [1.82, 2.24) is 15.5 Å². The molecule has 1 atom stereocenters. The van der Waals surface area contributed by atoms with Crippen LogP contribution in [0.5, 0.6) is 0 Å². The zero-order chi connectivity index (χ0) is 19.9. The Morgan fingerprint density at radius 3 is 2.54 bits per heavy atom. The molecule has 3 rings (SSSR count). The summed E-state index contributed by atoms with van der Waals surface area (Å²) in [7, 11) is 0. The van der Waals surface area contributed by atoms with Gasteiger partial charge in [0.2, 0.25) is 5.89 Å². The predicted molar refractivity (Wildman–Crippen MR) is 103 cm³/mol. The van der Waals surface area contributed by atoms with E-state index in [0.29, 0.717) is 16.5 Å². The lowest BCUT2D eigenvalue weighted by Gasteiger charge is -2.10. The summed E-state index contributed by atoms with van der Waals surface area (Å²) in [5.41, 5.74) is 1.25. The maximum Gasteiger partial charge on any atom is 0.308 e. The number of nitrogens with one attached hydrogen (secondary N) is 1. The first-order chi connectivity index (χ1) is 13.5. The summed E-state index contributed by atoms with van der Waals surface area (Å²) in [4.78, 5) is 24.0. The number of carbonyl (C=O) groups is 2. The second-order valence-electron chi connectivity index (χ2n) is 5.96. The second kappa shape index (κ2) is 9.14. The molecule has 1 N–H and O–H groups in total. The van der Waals surface area contributed by atoms with E-state index in [0.717, 1.165) is 5.56 Å². The highest BCUT2D eigenvalue weighted by atomic mass is 35.5. The Balaban J connectivity index is 1.46. The van der Waals surface area contributed by atoms with Crippen LogP contribution in [-0.4, -0.2) is 28.6 Å². The first kappa shape index (κ1) is 19.6. The van der Waals surface area contributed by atoms with Crippen molar-refractivity contribution in [2.45, 2.75) is 19.4 Å². The molecule has 1 amide bonds. The van der Waals surface area contributed by atoms with Crippen molar-refractivity contribution in [1.29, 1.82) is 0 Å². The minimum absolute atomic E-state index is 0.0172. The second-order valence-corrected chi connectivity index (χ2v) is 6.39. The van der Waals surface area contributed by atoms with E-state index in [-0.39, 0.29) is 24.8 Å². The molecule has 144 valence electrons. The van der Waals surface area contributed by atoms with Crippen molar-refractivity contribution in [3.05, 3.63) is 71.1 Å². The molecule has 2 aromatic carbocycles. The Hall–Kier alpha value is -3.19. The van der Waals surface area contributed by atoms with E-state index in [1.807, 2.05) is 30.3 Å². The van der Waals surface area contributed by atoms with Crippen LogP contribution >= 0.6 is 11.6 Å². The molecule has 0 spiro atoms. The SMILES string of the molecule is CC(OC(=O)CCNC(=O)c1ccc(Cl)cc1)c1nnc(-c2ccccc2)o1. The van der Waals surface area contributed by atoms with Gasteiger partial charge in [0, 0.05) is 22.7 Å². The number of ether oxygens (including phenoxy) is 1. The lowest BCUT2D eigenvalue weighted by molar-refractivity contribution is -0.149. The Labute approximate surface area is 166 Å². The van der Waals surface area contributed by atoms with Crippen LogP contribution in [0, 0.1) is 0 Å². The van der Waals surface area contributed by atoms with Crippen molar-refractivity contribution in [2.75, 3.05) is 6.54 Å². The van der Waals surface area contributed by atoms with Gasteiger partial charge < -0.3 is 14.5 Å². The lowest BCUT2D eigenvalue weighted by Crippen LogP contribution is -2.26. The highest BCUT2D eigenvalue weighted by Gasteiger charge is 2.19. The number of carbonyl (C=O) groups excluding carboxylic acids is 2. The number of hydrogen-bond acceptors (Lipinski definition) is 6. The number of benzene rings is 2. The van der Waals surface area contributed by atoms with Crippen molar-refractivity contribution >= 4 is 23.5 Å². The van der Waals surface area contributed by atoms with E-state index >= 15 is 0 Å². The topological polar surface area (TPSA) is 94.3 Å². The van der Waals surface area contributed by atoms with Crippen LogP contribution in [0.3, 0.4) is 0 Å². The van der Waals surface area contributed by atoms with E-state index in [4.69, 9.17) is 20.8 Å². The highest BCUT2D eigenvalue weighted by molar-refractivity contribution is 6.30. The molecule has 3 aromatic rings. The van der Waals surface area contributed by atoms with Gasteiger partial charge in [-0.25, -0.2) is 0 Å². The van der Waals surface area contributed by atoms with Gasteiger partial charge in [0.25, 0.3) is 11.8 Å². The predicted octanol–water partition coefficient (Wildman–Crippen LogP) is 3.81. The average Bonchev–Trinajstić information content (AvgIpc) is 3.19. The van der Waals surface area contributed by atoms with Crippen molar-refractivity contribution in [3.63, 3.8) is 0 Å². The molecule has 1 unspecified atom stereocenters. The normalized spacial score (nSPS) is 11.6. The van der Waals surface area contributed by atoms with Gasteiger partial charge in [-0.3, -0.25) is 9.59 Å². The molecule has 0 aliphatic heterocycles. The van der Waals surface area contributed by atoms with Gasteiger partial charge in [-0.15, -0.1) is 10.2 Å². The molecule has 0 saturated carbocycles. The van der Waals surface area contributed by atoms with E-state index < -0.39 is 12.1 Å². The molecule has 0 aliphatic carbocycles. The van der Waals surface area contributed by atoms with Crippen molar-refractivity contribution in [3.8, 4) is 11.5 Å². The standard InChI is InChI=1S/C20H18ClN3O4/c1-13(19-23-24-20(28-19)15-5-3-2-4-6-15)27-17(25)11-12-22-18(26)14-7-9-16(21)10-8-14/h2-10,13H,11-12H2,1H3,(H,22,26). The van der Waals surface area contributed by atoms with Crippen LogP contribution in [-0.2, 0) is 9.53 Å². The van der Waals surface area contributed by atoms with E-state index in [9.17, 15) is 9.59 Å². The molecule has 28 heavy (non-hydrogen) atoms. The Morgan fingerprint density at radius 1 is 1.11 bits per heavy atom. The minimum Gasteiger partial charge on any atom is -0.453 e. The quantitative estimate of drug-likeness (QED) is 0.607. The van der Waals surface area contributed by atoms with Gasteiger partial charge in [-0.1, -0.05) is 29.8 Å². The first-order valence-electron chi connectivity index (χ1n) is 8.65. The molecular weight excluding hydrogens is 382 g/mol. The minimum atomic E-state index is -0.690. The van der Waals surface area contributed by atoms with Gasteiger partial charge in [0.15, 0.2) is 6.10 Å². The summed E-state index contributed by atoms with van der Waals surface area (Å²) in [6.45, 7) is 1.79. The fraction of sp³-hybridized carbons (Fsp3) is 0.200. The summed E-state index contributed by atoms with van der Waals surface area (Å²) >= 11 is 5.79. The zero-order valence-corrected chi connectivity index (χ0v) is 15.8. The number of esters is 1. The van der Waals surface area contributed by atoms with Gasteiger partial charge in [0.05, 0.1) is 6.42 Å². The third-order valence-electron chi connectivity index (χ3n) is 3.84. The average molecular weight is 400 g/mol. The Morgan fingerprint density at radius 2 is 1.82 bits per heavy atom. The van der Waals surface area contributed by atoms with E-state index in [2.05, 4.69) is 15.5 Å². The number of aromatic nitrogens is 2. The zero-order valence-electron chi connectivity index (χ0n) is 15.1. The maximum atomic E-state index is 12.0. The molecular formula is C20H18ClN3O4. The van der Waals surface area contributed by atoms with E-state index in [1.165, 1.54) is 0 Å². The molecule has 8 heteroatoms. The highest BCUT2D eigenvalue weighted by Crippen LogP contribution is 2.22. The van der Waals surface area contributed by atoms with Crippen LogP contribution in [0.4, 0.5) is 0 Å². The lowest BCUT2D eigenvalue weighted by atomic mass is 10.2. The largest absolute Gasteiger partial charge is 0.453 e. The van der Waals surface area contributed by atoms with Gasteiger partial charge >= 0.3 is 5.97 Å². The summed E-state index contributed by atoms with van der Waals surface area (Å²) < 4.78 is 10.8. The third-order valence-corrected chi connectivity index (χ3v) is 4.09. The summed E-state index contributed by atoms with van der Waals surface area (Å²) in [6.07, 6.45) is -0.673. The number of rotatable bonds is 7. The fourth-order valence-electron chi connectivity index (χ4n) is 2.38. The maximum absolute atomic E-state index is 12.0. The van der Waals surface area contributed by atoms with Crippen LogP contribution in [0.15, 0.2) is 59.0 Å². The molecule has 0 aliphatic rings. The molecule has 0 saturated heterocycles. The molecule has 0 bridgehead atoms. The van der Waals surface area contributed by atoms with Crippen molar-refractivity contribution < 1.29 is 18.7 Å². The summed E-state index contributed by atoms with van der Waals surface area (Å²) in [5, 5.41) is 11.1. The molecule has 0 fully saturated rings. The molecule has 1 aromatic heterocycles. The van der Waals surface area contributed by atoms with Gasteiger partial charge in [0.1, 0.15) is 0 Å². The van der Waals surface area contributed by atoms with Crippen LogP contribution in [0.25, 0.3) is 11.5 Å². The van der Waals surface area contributed by atoms with Crippen molar-refractivity contribution in [2.24, 2.45) is 0 Å². The Bertz CT molecular complexity index is 942. The molecule has 0 radical (unpaired) electrons. The molecule has 7 nitrogen and oxygen atoms in total. The first-order valence-corrected chi connectivity index (χ1v) is 9.03. The third kappa shape index (κ3) is 5.17. The van der Waals surface area contributed by atoms with Gasteiger partial charge in [-0.05, 0) is 43.3 Å². The van der Waals surface area contributed by atoms with Crippen LogP contribution < -0.4 is 5.32 Å². The molecule has 1 heterocycles. The number of halogens is 1. The fourth-order valence-corrected chi connectivity index (χ4v) is 2.51. The van der Waals surface area contributed by atoms with Gasteiger partial charge in [-0.2, -0.15) is 0 Å².